The summed E-state index contributed by atoms with van der Waals surface area (Å²) in [7, 11) is -3.68. The van der Waals surface area contributed by atoms with Gasteiger partial charge in [-0.2, -0.15) is 5.26 Å². The summed E-state index contributed by atoms with van der Waals surface area (Å²) in [5, 5.41) is 9.57. The van der Waals surface area contributed by atoms with Gasteiger partial charge in [-0.3, -0.25) is 9.71 Å². The van der Waals surface area contributed by atoms with Crippen LogP contribution in [0.1, 0.15) is 0 Å². The molecule has 1 heterocycles. The minimum Gasteiger partial charge on any atom is -0.280 e. The molecule has 0 unspecified atom stereocenters. The molecular weight excluding hydrogens is 274 g/mol. The summed E-state index contributed by atoms with van der Waals surface area (Å²) in [6, 6.07) is 8.14. The Balaban J connectivity index is 2.54. The molecule has 0 aliphatic rings. The van der Waals surface area contributed by atoms with Crippen molar-refractivity contribution < 1.29 is 8.42 Å². The van der Waals surface area contributed by atoms with Crippen LogP contribution in [-0.4, -0.2) is 19.2 Å². The highest BCUT2D eigenvalue weighted by atomic mass is 35.5. The van der Waals surface area contributed by atoms with Crippen molar-refractivity contribution in [3.63, 3.8) is 0 Å². The molecule has 2 aromatic rings. The van der Waals surface area contributed by atoms with Gasteiger partial charge in [0.1, 0.15) is 0 Å². The number of nitrogens with one attached hydrogen (secondary N) is 1. The van der Waals surface area contributed by atoms with E-state index in [-0.39, 0.29) is 0 Å². The van der Waals surface area contributed by atoms with Crippen LogP contribution in [0.25, 0.3) is 10.9 Å². The first kappa shape index (κ1) is 12.6. The van der Waals surface area contributed by atoms with E-state index in [2.05, 4.69) is 9.71 Å². The van der Waals surface area contributed by atoms with Crippen LogP contribution in [-0.2, 0) is 10.0 Å². The van der Waals surface area contributed by atoms with Crippen LogP contribution in [0.15, 0.2) is 30.5 Å². The lowest BCUT2D eigenvalue weighted by molar-refractivity contribution is 0.604. The molecule has 0 amide bonds. The molecule has 0 radical (unpaired) electrons. The Kier molecular flexibility index (Phi) is 3.36. The Morgan fingerprint density at radius 2 is 2.17 bits per heavy atom. The van der Waals surface area contributed by atoms with Gasteiger partial charge in [-0.05, 0) is 24.3 Å². The minimum absolute atomic E-state index is 0.310. The van der Waals surface area contributed by atoms with Crippen LogP contribution in [0.3, 0.4) is 0 Å². The van der Waals surface area contributed by atoms with Gasteiger partial charge in [-0.1, -0.05) is 11.6 Å². The van der Waals surface area contributed by atoms with Gasteiger partial charge in [0, 0.05) is 11.6 Å². The van der Waals surface area contributed by atoms with Crippen molar-refractivity contribution in [2.75, 3.05) is 10.5 Å². The molecule has 0 bridgehead atoms. The summed E-state index contributed by atoms with van der Waals surface area (Å²) in [6.45, 7) is 0. The van der Waals surface area contributed by atoms with Crippen molar-refractivity contribution in [3.8, 4) is 6.07 Å². The zero-order valence-electron chi connectivity index (χ0n) is 9.09. The number of nitriles is 1. The lowest BCUT2D eigenvalue weighted by Crippen LogP contribution is -2.15. The van der Waals surface area contributed by atoms with Crippen LogP contribution in [0.4, 0.5) is 5.69 Å². The second-order valence-electron chi connectivity index (χ2n) is 3.51. The van der Waals surface area contributed by atoms with E-state index < -0.39 is 15.8 Å². The zero-order chi connectivity index (χ0) is 13.2. The molecule has 5 nitrogen and oxygen atoms in total. The normalized spacial score (nSPS) is 11.1. The van der Waals surface area contributed by atoms with Crippen molar-refractivity contribution in [1.82, 2.24) is 4.98 Å². The van der Waals surface area contributed by atoms with E-state index in [9.17, 15) is 8.42 Å². The SMILES string of the molecule is N#CCS(=O)(=O)Nc1ccc(Cl)c2cccnc12. The van der Waals surface area contributed by atoms with Gasteiger partial charge in [0.2, 0.25) is 10.0 Å². The molecule has 1 aromatic heterocycles. The van der Waals surface area contributed by atoms with Gasteiger partial charge < -0.3 is 0 Å². The van der Waals surface area contributed by atoms with Gasteiger partial charge in [0.25, 0.3) is 0 Å². The zero-order valence-corrected chi connectivity index (χ0v) is 10.7. The highest BCUT2D eigenvalue weighted by Gasteiger charge is 2.13. The summed E-state index contributed by atoms with van der Waals surface area (Å²) in [5.41, 5.74) is 0.761. The molecule has 7 heteroatoms. The quantitative estimate of drug-likeness (QED) is 0.934. The number of sulfonamides is 1. The highest BCUT2D eigenvalue weighted by Crippen LogP contribution is 2.28. The number of nitrogens with zero attached hydrogens (tertiary/aromatic N) is 2. The first-order valence-electron chi connectivity index (χ1n) is 4.94. The van der Waals surface area contributed by atoms with E-state index in [1.54, 1.807) is 30.5 Å². The van der Waals surface area contributed by atoms with Crippen LogP contribution in [0, 0.1) is 11.3 Å². The fraction of sp³-hybridized carbons (Fsp3) is 0.0909. The van der Waals surface area contributed by atoms with Gasteiger partial charge in [-0.25, -0.2) is 8.42 Å². The third-order valence-electron chi connectivity index (χ3n) is 2.24. The topological polar surface area (TPSA) is 82.8 Å². The lowest BCUT2D eigenvalue weighted by Gasteiger charge is -2.08. The molecule has 1 N–H and O–H groups in total. The van der Waals surface area contributed by atoms with Crippen molar-refractivity contribution in [1.29, 1.82) is 5.26 Å². The van der Waals surface area contributed by atoms with Gasteiger partial charge in [0.15, 0.2) is 5.75 Å². The predicted octanol–water partition coefficient (Wildman–Crippen LogP) is 2.15. The minimum atomic E-state index is -3.68. The Labute approximate surface area is 109 Å². The van der Waals surface area contributed by atoms with Crippen molar-refractivity contribution in [2.45, 2.75) is 0 Å². The second kappa shape index (κ2) is 4.80. The molecule has 0 aliphatic heterocycles. The van der Waals surface area contributed by atoms with E-state index >= 15 is 0 Å². The summed E-state index contributed by atoms with van der Waals surface area (Å²) >= 11 is 5.99. The number of aromatic nitrogens is 1. The Morgan fingerprint density at radius 1 is 1.39 bits per heavy atom. The van der Waals surface area contributed by atoms with Gasteiger partial charge in [-0.15, -0.1) is 0 Å². The third-order valence-corrected chi connectivity index (χ3v) is 3.61. The molecule has 0 saturated heterocycles. The maximum Gasteiger partial charge on any atom is 0.246 e. The van der Waals surface area contributed by atoms with E-state index in [1.807, 2.05) is 0 Å². The molecule has 0 saturated carbocycles. The summed E-state index contributed by atoms with van der Waals surface area (Å²) in [5.74, 6) is -0.607. The Bertz CT molecular complexity index is 738. The van der Waals surface area contributed by atoms with E-state index in [0.29, 0.717) is 21.6 Å². The first-order valence-corrected chi connectivity index (χ1v) is 6.97. The Morgan fingerprint density at radius 3 is 2.89 bits per heavy atom. The standard InChI is InChI=1S/C11H8ClN3O2S/c12-9-3-4-10(15-18(16,17)7-5-13)11-8(9)2-1-6-14-11/h1-4,6,15H,7H2. The average Bonchev–Trinajstić information content (AvgIpc) is 2.33. The number of rotatable bonds is 3. The molecule has 0 fully saturated rings. The molecule has 92 valence electrons. The monoisotopic (exact) mass is 281 g/mol. The first-order chi connectivity index (χ1) is 8.53. The maximum absolute atomic E-state index is 11.5. The van der Waals surface area contributed by atoms with Crippen LogP contribution in [0.5, 0.6) is 0 Å². The number of hydrogen-bond donors (Lipinski definition) is 1. The number of pyridine rings is 1. The smallest absolute Gasteiger partial charge is 0.246 e. The summed E-state index contributed by atoms with van der Waals surface area (Å²) < 4.78 is 25.4. The van der Waals surface area contributed by atoms with Crippen LogP contribution in [0.2, 0.25) is 5.02 Å². The van der Waals surface area contributed by atoms with Gasteiger partial charge in [0.05, 0.1) is 22.3 Å². The van der Waals surface area contributed by atoms with Crippen molar-refractivity contribution >= 4 is 38.2 Å². The summed E-state index contributed by atoms with van der Waals surface area (Å²) in [4.78, 5) is 4.09. The Hall–Kier alpha value is -1.84. The largest absolute Gasteiger partial charge is 0.280 e. The molecule has 0 aliphatic carbocycles. The molecule has 1 aromatic carbocycles. The van der Waals surface area contributed by atoms with Crippen LogP contribution >= 0.6 is 11.6 Å². The van der Waals surface area contributed by atoms with E-state index in [4.69, 9.17) is 16.9 Å². The lowest BCUT2D eigenvalue weighted by atomic mass is 10.2. The molecule has 0 atom stereocenters. The molecular formula is C11H8ClN3O2S. The third kappa shape index (κ3) is 2.53. The average molecular weight is 282 g/mol. The molecule has 0 spiro atoms. The summed E-state index contributed by atoms with van der Waals surface area (Å²) in [6.07, 6.45) is 1.54. The maximum atomic E-state index is 11.5. The van der Waals surface area contributed by atoms with Crippen molar-refractivity contribution in [3.05, 3.63) is 35.5 Å². The molecule has 18 heavy (non-hydrogen) atoms. The van der Waals surface area contributed by atoms with Crippen molar-refractivity contribution in [2.24, 2.45) is 0 Å². The fourth-order valence-electron chi connectivity index (χ4n) is 1.51. The van der Waals surface area contributed by atoms with Gasteiger partial charge >= 0.3 is 0 Å². The number of benzene rings is 1. The highest BCUT2D eigenvalue weighted by molar-refractivity contribution is 7.92. The number of hydrogen-bond acceptors (Lipinski definition) is 4. The number of halogens is 1. The predicted molar refractivity (Wildman–Crippen MR) is 69.8 cm³/mol. The van der Waals surface area contributed by atoms with Crippen LogP contribution < -0.4 is 4.72 Å². The second-order valence-corrected chi connectivity index (χ2v) is 5.64. The van der Waals surface area contributed by atoms with E-state index in [1.165, 1.54) is 6.07 Å². The van der Waals surface area contributed by atoms with E-state index in [0.717, 1.165) is 0 Å². The number of anilines is 1. The molecule has 2 rings (SSSR count). The number of fused-ring (bicyclic) bond motifs is 1. The fourth-order valence-corrected chi connectivity index (χ4v) is 2.47.